The zero-order chi connectivity index (χ0) is 13.4. The van der Waals surface area contributed by atoms with Crippen LogP contribution >= 0.6 is 23.2 Å². The Kier molecular flexibility index (Phi) is 3.31. The van der Waals surface area contributed by atoms with Crippen LogP contribution in [0.15, 0.2) is 34.9 Å². The molecule has 6 heteroatoms. The molecule has 2 unspecified atom stereocenters. The van der Waals surface area contributed by atoms with Crippen LogP contribution < -0.4 is 5.73 Å². The Morgan fingerprint density at radius 3 is 2.53 bits per heavy atom. The predicted octanol–water partition coefficient (Wildman–Crippen LogP) is 3.41. The monoisotopic (exact) mass is 295 g/mol. The molecule has 4 nitrogen and oxygen atoms in total. The van der Waals surface area contributed by atoms with Crippen LogP contribution in [-0.4, -0.2) is 16.2 Å². The van der Waals surface area contributed by atoms with Gasteiger partial charge in [-0.05, 0) is 24.6 Å². The lowest BCUT2D eigenvalue weighted by atomic mass is 10.1. The summed E-state index contributed by atoms with van der Waals surface area (Å²) in [5, 5.41) is 5.04. The number of benzene rings is 1. The normalized spacial score (nSPS) is 22.1. The summed E-state index contributed by atoms with van der Waals surface area (Å²) in [5.41, 5.74) is 6.54. The highest BCUT2D eigenvalue weighted by Crippen LogP contribution is 2.30. The number of allylic oxidation sites excluding steroid dienone is 1. The Hall–Kier alpha value is -1.36. The SMILES string of the molecule is NC1C=CC(c2nc(-c3cc(Cl)cc(Cl)c3)no2)C1. The number of aromatic nitrogens is 2. The molecule has 0 spiro atoms. The zero-order valence-electron chi connectivity index (χ0n) is 9.88. The topological polar surface area (TPSA) is 64.9 Å². The fourth-order valence-electron chi connectivity index (χ4n) is 2.10. The van der Waals surface area contributed by atoms with Gasteiger partial charge >= 0.3 is 0 Å². The van der Waals surface area contributed by atoms with Gasteiger partial charge < -0.3 is 10.3 Å². The number of rotatable bonds is 2. The summed E-state index contributed by atoms with van der Waals surface area (Å²) in [7, 11) is 0. The maximum Gasteiger partial charge on any atom is 0.233 e. The first-order valence-electron chi connectivity index (χ1n) is 5.86. The molecule has 1 aromatic heterocycles. The van der Waals surface area contributed by atoms with E-state index in [1.165, 1.54) is 0 Å². The smallest absolute Gasteiger partial charge is 0.233 e. The molecule has 1 aromatic carbocycles. The molecule has 2 atom stereocenters. The molecule has 0 aliphatic heterocycles. The Morgan fingerprint density at radius 1 is 1.16 bits per heavy atom. The van der Waals surface area contributed by atoms with Crippen molar-refractivity contribution in [2.75, 3.05) is 0 Å². The maximum absolute atomic E-state index is 5.95. The van der Waals surface area contributed by atoms with Gasteiger partial charge in [0.05, 0.1) is 5.92 Å². The minimum absolute atomic E-state index is 0.0564. The van der Waals surface area contributed by atoms with Crippen LogP contribution in [0.3, 0.4) is 0 Å². The summed E-state index contributed by atoms with van der Waals surface area (Å²) >= 11 is 11.9. The van der Waals surface area contributed by atoms with Crippen molar-refractivity contribution in [3.8, 4) is 11.4 Å². The number of nitrogens with two attached hydrogens (primary N) is 1. The zero-order valence-corrected chi connectivity index (χ0v) is 11.4. The molecule has 0 saturated carbocycles. The van der Waals surface area contributed by atoms with E-state index in [0.717, 1.165) is 12.0 Å². The number of hydrogen-bond acceptors (Lipinski definition) is 4. The van der Waals surface area contributed by atoms with Crippen molar-refractivity contribution >= 4 is 23.2 Å². The molecule has 0 bridgehead atoms. The molecular formula is C13H11Cl2N3O. The van der Waals surface area contributed by atoms with Gasteiger partial charge in [-0.3, -0.25) is 0 Å². The largest absolute Gasteiger partial charge is 0.338 e. The first kappa shape index (κ1) is 12.7. The standard InChI is InChI=1S/C13H11Cl2N3O/c14-9-3-8(4-10(15)6-9)12-17-13(19-18-12)7-1-2-11(16)5-7/h1-4,6-7,11H,5,16H2. The molecule has 0 fully saturated rings. The van der Waals surface area contributed by atoms with E-state index in [1.54, 1.807) is 18.2 Å². The lowest BCUT2D eigenvalue weighted by molar-refractivity contribution is 0.365. The van der Waals surface area contributed by atoms with Gasteiger partial charge in [0.1, 0.15) is 0 Å². The van der Waals surface area contributed by atoms with E-state index in [9.17, 15) is 0 Å². The number of halogens is 2. The summed E-state index contributed by atoms with van der Waals surface area (Å²) in [6, 6.07) is 5.21. The molecule has 2 aromatic rings. The van der Waals surface area contributed by atoms with Crippen molar-refractivity contribution in [1.29, 1.82) is 0 Å². The van der Waals surface area contributed by atoms with Crippen molar-refractivity contribution in [2.24, 2.45) is 5.73 Å². The van der Waals surface area contributed by atoms with Crippen LogP contribution in [0.5, 0.6) is 0 Å². The van der Waals surface area contributed by atoms with Crippen molar-refractivity contribution in [3.05, 3.63) is 46.3 Å². The van der Waals surface area contributed by atoms with Crippen LogP contribution in [-0.2, 0) is 0 Å². The summed E-state index contributed by atoms with van der Waals surface area (Å²) in [6.07, 6.45) is 4.73. The van der Waals surface area contributed by atoms with Crippen molar-refractivity contribution in [3.63, 3.8) is 0 Å². The summed E-state index contributed by atoms with van der Waals surface area (Å²) in [6.45, 7) is 0. The van der Waals surface area contributed by atoms with Gasteiger partial charge in [0.25, 0.3) is 0 Å². The van der Waals surface area contributed by atoms with E-state index in [2.05, 4.69) is 10.1 Å². The third-order valence-corrected chi connectivity index (χ3v) is 3.43. The predicted molar refractivity (Wildman–Crippen MR) is 74.2 cm³/mol. The van der Waals surface area contributed by atoms with Gasteiger partial charge in [-0.1, -0.05) is 40.5 Å². The Labute approximate surface area is 120 Å². The second-order valence-corrected chi connectivity index (χ2v) is 5.38. The highest BCUT2D eigenvalue weighted by atomic mass is 35.5. The van der Waals surface area contributed by atoms with E-state index in [0.29, 0.717) is 21.8 Å². The fraction of sp³-hybridized carbons (Fsp3) is 0.231. The number of hydrogen-bond donors (Lipinski definition) is 1. The third-order valence-electron chi connectivity index (χ3n) is 3.00. The molecule has 1 heterocycles. The molecule has 98 valence electrons. The van der Waals surface area contributed by atoms with Gasteiger partial charge in [0.15, 0.2) is 0 Å². The lowest BCUT2D eigenvalue weighted by Gasteiger charge is -2.02. The van der Waals surface area contributed by atoms with Gasteiger partial charge in [0, 0.05) is 21.7 Å². The summed E-state index contributed by atoms with van der Waals surface area (Å²) in [5.74, 6) is 1.13. The number of nitrogens with zero attached hydrogens (tertiary/aromatic N) is 2. The van der Waals surface area contributed by atoms with Crippen LogP contribution in [0.25, 0.3) is 11.4 Å². The molecule has 0 radical (unpaired) electrons. The molecular weight excluding hydrogens is 285 g/mol. The van der Waals surface area contributed by atoms with Crippen LogP contribution in [0.2, 0.25) is 10.0 Å². The van der Waals surface area contributed by atoms with E-state index in [4.69, 9.17) is 33.5 Å². The summed E-state index contributed by atoms with van der Waals surface area (Å²) < 4.78 is 5.28. The maximum atomic E-state index is 5.95. The molecule has 19 heavy (non-hydrogen) atoms. The van der Waals surface area contributed by atoms with E-state index in [-0.39, 0.29) is 12.0 Å². The average molecular weight is 296 g/mol. The highest BCUT2D eigenvalue weighted by molar-refractivity contribution is 6.35. The van der Waals surface area contributed by atoms with Crippen molar-refractivity contribution in [2.45, 2.75) is 18.4 Å². The Bertz CT molecular complexity index is 618. The molecule has 3 rings (SSSR count). The Balaban J connectivity index is 1.90. The summed E-state index contributed by atoms with van der Waals surface area (Å²) in [4.78, 5) is 4.38. The van der Waals surface area contributed by atoms with Gasteiger partial charge in [0.2, 0.25) is 11.7 Å². The van der Waals surface area contributed by atoms with Crippen LogP contribution in [0.4, 0.5) is 0 Å². The Morgan fingerprint density at radius 2 is 1.89 bits per heavy atom. The minimum atomic E-state index is 0.0564. The van der Waals surface area contributed by atoms with Gasteiger partial charge in [-0.2, -0.15) is 4.98 Å². The first-order valence-corrected chi connectivity index (χ1v) is 6.61. The quantitative estimate of drug-likeness (QED) is 0.862. The van der Waals surface area contributed by atoms with Crippen molar-refractivity contribution in [1.82, 2.24) is 10.1 Å². The van der Waals surface area contributed by atoms with Gasteiger partial charge in [-0.25, -0.2) is 0 Å². The second kappa shape index (κ2) is 4.96. The molecule has 1 aliphatic rings. The minimum Gasteiger partial charge on any atom is -0.338 e. The highest BCUT2D eigenvalue weighted by Gasteiger charge is 2.23. The van der Waals surface area contributed by atoms with E-state index in [1.807, 2.05) is 12.2 Å². The second-order valence-electron chi connectivity index (χ2n) is 4.51. The van der Waals surface area contributed by atoms with Gasteiger partial charge in [-0.15, -0.1) is 0 Å². The van der Waals surface area contributed by atoms with E-state index >= 15 is 0 Å². The third kappa shape index (κ3) is 2.66. The molecule has 0 amide bonds. The van der Waals surface area contributed by atoms with Crippen molar-refractivity contribution < 1.29 is 4.52 Å². The van der Waals surface area contributed by atoms with E-state index < -0.39 is 0 Å². The fourth-order valence-corrected chi connectivity index (χ4v) is 2.62. The van der Waals surface area contributed by atoms with Crippen LogP contribution in [0, 0.1) is 0 Å². The molecule has 2 N–H and O–H groups in total. The first-order chi connectivity index (χ1) is 9.11. The average Bonchev–Trinajstić information content (AvgIpc) is 2.95. The molecule has 0 saturated heterocycles. The lowest BCUT2D eigenvalue weighted by Crippen LogP contribution is -2.14. The van der Waals surface area contributed by atoms with Crippen LogP contribution in [0.1, 0.15) is 18.2 Å². The molecule has 1 aliphatic carbocycles.